The maximum atomic E-state index is 6.11. The van der Waals surface area contributed by atoms with Gasteiger partial charge in [0.1, 0.15) is 16.7 Å². The third-order valence-corrected chi connectivity index (χ3v) is 3.79. The Bertz CT molecular complexity index is 645. The molecule has 20 heavy (non-hydrogen) atoms. The Hall–Kier alpha value is -1.03. The highest BCUT2D eigenvalue weighted by molar-refractivity contribution is 6.42. The standard InChI is InChI=1S/C14H13Cl3N2O/c1-7(2)13-18-12(17)8(3)14(19-13)20-9-4-5-10(15)11(16)6-9/h4-7H,1-3H3. The Morgan fingerprint density at radius 2 is 1.75 bits per heavy atom. The Kier molecular flexibility index (Phi) is 4.74. The zero-order chi connectivity index (χ0) is 14.9. The summed E-state index contributed by atoms with van der Waals surface area (Å²) in [6, 6.07) is 5.02. The fourth-order valence-electron chi connectivity index (χ4n) is 1.50. The van der Waals surface area contributed by atoms with Crippen LogP contribution in [0.1, 0.15) is 31.2 Å². The second-order valence-electron chi connectivity index (χ2n) is 4.64. The molecule has 3 nitrogen and oxygen atoms in total. The highest BCUT2D eigenvalue weighted by atomic mass is 35.5. The molecule has 1 aromatic carbocycles. The molecule has 0 aliphatic heterocycles. The molecule has 0 bridgehead atoms. The fourth-order valence-corrected chi connectivity index (χ4v) is 1.95. The minimum absolute atomic E-state index is 0.157. The molecule has 0 N–H and O–H groups in total. The molecule has 0 aliphatic rings. The van der Waals surface area contributed by atoms with Crippen molar-refractivity contribution in [1.82, 2.24) is 9.97 Å². The second kappa shape index (κ2) is 6.17. The Morgan fingerprint density at radius 3 is 2.35 bits per heavy atom. The first kappa shape index (κ1) is 15.4. The highest BCUT2D eigenvalue weighted by Gasteiger charge is 2.14. The van der Waals surface area contributed by atoms with Gasteiger partial charge in [-0.15, -0.1) is 0 Å². The molecule has 1 aromatic heterocycles. The van der Waals surface area contributed by atoms with E-state index in [1.165, 1.54) is 0 Å². The molecule has 106 valence electrons. The Morgan fingerprint density at radius 1 is 1.05 bits per heavy atom. The predicted octanol–water partition coefficient (Wildman–Crippen LogP) is 5.66. The minimum Gasteiger partial charge on any atom is -0.439 e. The van der Waals surface area contributed by atoms with Crippen LogP contribution in [0.15, 0.2) is 18.2 Å². The number of hydrogen-bond acceptors (Lipinski definition) is 3. The van der Waals surface area contributed by atoms with Crippen LogP contribution in [0.2, 0.25) is 15.2 Å². The maximum absolute atomic E-state index is 6.11. The molecule has 0 fully saturated rings. The van der Waals surface area contributed by atoms with E-state index in [4.69, 9.17) is 39.5 Å². The van der Waals surface area contributed by atoms with Gasteiger partial charge < -0.3 is 4.74 Å². The first-order chi connectivity index (χ1) is 9.38. The van der Waals surface area contributed by atoms with Crippen molar-refractivity contribution in [2.24, 2.45) is 0 Å². The normalized spacial score (nSPS) is 10.9. The topological polar surface area (TPSA) is 35.0 Å². The number of rotatable bonds is 3. The summed E-state index contributed by atoms with van der Waals surface area (Å²) in [6.45, 7) is 5.78. The van der Waals surface area contributed by atoms with Gasteiger partial charge in [0, 0.05) is 17.5 Å². The van der Waals surface area contributed by atoms with Crippen molar-refractivity contribution in [3.05, 3.63) is 44.8 Å². The largest absolute Gasteiger partial charge is 0.439 e. The molecule has 2 aromatic rings. The minimum atomic E-state index is 0.157. The average molecular weight is 332 g/mol. The van der Waals surface area contributed by atoms with Crippen LogP contribution in [0, 0.1) is 6.92 Å². The van der Waals surface area contributed by atoms with Gasteiger partial charge in [-0.1, -0.05) is 48.7 Å². The van der Waals surface area contributed by atoms with Gasteiger partial charge in [-0.05, 0) is 19.1 Å². The van der Waals surface area contributed by atoms with Crippen LogP contribution < -0.4 is 4.74 Å². The summed E-state index contributed by atoms with van der Waals surface area (Å²) < 4.78 is 5.74. The van der Waals surface area contributed by atoms with Crippen molar-refractivity contribution in [2.75, 3.05) is 0 Å². The summed E-state index contributed by atoms with van der Waals surface area (Å²) in [6.07, 6.45) is 0. The highest BCUT2D eigenvalue weighted by Crippen LogP contribution is 2.32. The molecule has 0 atom stereocenters. The van der Waals surface area contributed by atoms with Crippen LogP contribution in [-0.2, 0) is 0 Å². The van der Waals surface area contributed by atoms with Gasteiger partial charge in [-0.3, -0.25) is 0 Å². The molecule has 0 saturated heterocycles. The average Bonchev–Trinajstić information content (AvgIpc) is 2.38. The third kappa shape index (κ3) is 3.35. The van der Waals surface area contributed by atoms with Crippen molar-refractivity contribution >= 4 is 34.8 Å². The van der Waals surface area contributed by atoms with E-state index in [0.29, 0.717) is 38.2 Å². The van der Waals surface area contributed by atoms with E-state index < -0.39 is 0 Å². The van der Waals surface area contributed by atoms with Crippen molar-refractivity contribution < 1.29 is 4.74 Å². The molecule has 0 aliphatic carbocycles. The molecule has 2 rings (SSSR count). The number of halogens is 3. The number of ether oxygens (including phenoxy) is 1. The summed E-state index contributed by atoms with van der Waals surface area (Å²) >= 11 is 17.9. The van der Waals surface area contributed by atoms with Crippen LogP contribution >= 0.6 is 34.8 Å². The van der Waals surface area contributed by atoms with E-state index >= 15 is 0 Å². The van der Waals surface area contributed by atoms with Crippen LogP contribution in [-0.4, -0.2) is 9.97 Å². The van der Waals surface area contributed by atoms with E-state index in [9.17, 15) is 0 Å². The SMILES string of the molecule is Cc1c(Cl)nc(C(C)C)nc1Oc1ccc(Cl)c(Cl)c1. The summed E-state index contributed by atoms with van der Waals surface area (Å²) in [7, 11) is 0. The Labute approximate surface area is 132 Å². The molecule has 6 heteroatoms. The zero-order valence-corrected chi connectivity index (χ0v) is 13.5. The lowest BCUT2D eigenvalue weighted by Crippen LogP contribution is -2.02. The molecule has 0 unspecified atom stereocenters. The van der Waals surface area contributed by atoms with E-state index in [0.717, 1.165) is 0 Å². The zero-order valence-electron chi connectivity index (χ0n) is 11.2. The van der Waals surface area contributed by atoms with E-state index in [1.807, 2.05) is 13.8 Å². The third-order valence-electron chi connectivity index (χ3n) is 2.68. The van der Waals surface area contributed by atoms with Gasteiger partial charge in [0.05, 0.1) is 10.0 Å². The molecule has 1 heterocycles. The van der Waals surface area contributed by atoms with Crippen molar-refractivity contribution in [1.29, 1.82) is 0 Å². The second-order valence-corrected chi connectivity index (χ2v) is 5.81. The summed E-state index contributed by atoms with van der Waals surface area (Å²) in [5, 5.41) is 1.28. The van der Waals surface area contributed by atoms with E-state index in [-0.39, 0.29) is 5.92 Å². The van der Waals surface area contributed by atoms with Crippen LogP contribution in [0.3, 0.4) is 0 Å². The van der Waals surface area contributed by atoms with Gasteiger partial charge in [0.15, 0.2) is 0 Å². The molecular formula is C14H13Cl3N2O. The number of hydrogen-bond donors (Lipinski definition) is 0. The first-order valence-electron chi connectivity index (χ1n) is 6.05. The molecular weight excluding hydrogens is 319 g/mol. The van der Waals surface area contributed by atoms with Gasteiger partial charge in [-0.2, -0.15) is 4.98 Å². The summed E-state index contributed by atoms with van der Waals surface area (Å²) in [5.41, 5.74) is 0.683. The summed E-state index contributed by atoms with van der Waals surface area (Å²) in [5.74, 6) is 1.76. The fraction of sp³-hybridized carbons (Fsp3) is 0.286. The van der Waals surface area contributed by atoms with Crippen LogP contribution in [0.5, 0.6) is 11.6 Å². The molecule has 0 radical (unpaired) electrons. The number of aromatic nitrogens is 2. The molecule has 0 spiro atoms. The quantitative estimate of drug-likeness (QED) is 0.680. The lowest BCUT2D eigenvalue weighted by atomic mass is 10.2. The van der Waals surface area contributed by atoms with Crippen molar-refractivity contribution in [3.63, 3.8) is 0 Å². The maximum Gasteiger partial charge on any atom is 0.226 e. The number of nitrogens with zero attached hydrogens (tertiary/aromatic N) is 2. The lowest BCUT2D eigenvalue weighted by molar-refractivity contribution is 0.452. The first-order valence-corrected chi connectivity index (χ1v) is 7.18. The van der Waals surface area contributed by atoms with Crippen LogP contribution in [0.4, 0.5) is 0 Å². The van der Waals surface area contributed by atoms with Gasteiger partial charge in [-0.25, -0.2) is 4.98 Å². The Balaban J connectivity index is 2.39. The van der Waals surface area contributed by atoms with Gasteiger partial charge >= 0.3 is 0 Å². The molecule has 0 saturated carbocycles. The lowest BCUT2D eigenvalue weighted by Gasteiger charge is -2.12. The van der Waals surface area contributed by atoms with Gasteiger partial charge in [0.25, 0.3) is 0 Å². The van der Waals surface area contributed by atoms with E-state index in [2.05, 4.69) is 9.97 Å². The smallest absolute Gasteiger partial charge is 0.226 e. The summed E-state index contributed by atoms with van der Waals surface area (Å²) in [4.78, 5) is 8.62. The van der Waals surface area contributed by atoms with Crippen LogP contribution in [0.25, 0.3) is 0 Å². The number of benzene rings is 1. The van der Waals surface area contributed by atoms with Gasteiger partial charge in [0.2, 0.25) is 5.88 Å². The van der Waals surface area contributed by atoms with Crippen molar-refractivity contribution in [2.45, 2.75) is 26.7 Å². The van der Waals surface area contributed by atoms with E-state index in [1.54, 1.807) is 25.1 Å². The monoisotopic (exact) mass is 330 g/mol. The predicted molar refractivity (Wildman–Crippen MR) is 82.4 cm³/mol. The van der Waals surface area contributed by atoms with Crippen molar-refractivity contribution in [3.8, 4) is 11.6 Å². The molecule has 0 amide bonds.